The minimum atomic E-state index is -4.67. The van der Waals surface area contributed by atoms with Crippen LogP contribution in [0, 0.1) is 17.0 Å². The third-order valence-corrected chi connectivity index (χ3v) is 4.49. The van der Waals surface area contributed by atoms with Gasteiger partial charge >= 0.3 is 6.18 Å². The topological polar surface area (TPSA) is 105 Å². The molecule has 0 saturated heterocycles. The van der Waals surface area contributed by atoms with Gasteiger partial charge in [0.15, 0.2) is 0 Å². The summed E-state index contributed by atoms with van der Waals surface area (Å²) < 4.78 is 38.7. The fraction of sp³-hybridized carbons (Fsp3) is 0.263. The quantitative estimate of drug-likeness (QED) is 0.480. The van der Waals surface area contributed by atoms with Crippen LogP contribution >= 0.6 is 11.6 Å². The second-order valence-electron chi connectivity index (χ2n) is 6.67. The molecule has 0 fully saturated rings. The van der Waals surface area contributed by atoms with Crippen LogP contribution in [0.25, 0.3) is 0 Å². The molecule has 31 heavy (non-hydrogen) atoms. The number of likely N-dealkylation sites (N-methyl/N-ethyl adjacent to an activating group) is 1. The van der Waals surface area contributed by atoms with Crippen LogP contribution in [0.3, 0.4) is 0 Å². The molecule has 0 aromatic heterocycles. The molecular formula is C19H18ClF3N4O4. The zero-order valence-electron chi connectivity index (χ0n) is 16.4. The van der Waals surface area contributed by atoms with E-state index in [-0.39, 0.29) is 35.7 Å². The summed E-state index contributed by atoms with van der Waals surface area (Å²) in [6.07, 6.45) is -4.67. The number of nitro benzene ring substituents is 1. The van der Waals surface area contributed by atoms with Gasteiger partial charge in [0.05, 0.1) is 39.8 Å². The fourth-order valence-corrected chi connectivity index (χ4v) is 2.94. The van der Waals surface area contributed by atoms with E-state index in [9.17, 15) is 32.9 Å². The maximum atomic E-state index is 12.9. The zero-order valence-corrected chi connectivity index (χ0v) is 17.2. The molecule has 0 aliphatic rings. The SMILES string of the molecule is Cc1c(NC(=O)CN(C)CC(=O)Nc2ccc(Cl)c(C(F)(F)F)c2)cccc1[N+](=O)[O-]. The van der Waals surface area contributed by atoms with Crippen molar-refractivity contribution in [3.63, 3.8) is 0 Å². The zero-order chi connectivity index (χ0) is 23.3. The van der Waals surface area contributed by atoms with Crippen LogP contribution in [-0.4, -0.2) is 41.8 Å². The average Bonchev–Trinajstić information content (AvgIpc) is 2.63. The van der Waals surface area contributed by atoms with Crippen LogP contribution in [0.4, 0.5) is 30.2 Å². The van der Waals surface area contributed by atoms with Crippen LogP contribution < -0.4 is 10.6 Å². The van der Waals surface area contributed by atoms with Gasteiger partial charge in [0, 0.05) is 11.8 Å². The first-order chi connectivity index (χ1) is 14.4. The van der Waals surface area contributed by atoms with Gasteiger partial charge in [-0.25, -0.2) is 0 Å². The Morgan fingerprint density at radius 2 is 1.74 bits per heavy atom. The summed E-state index contributed by atoms with van der Waals surface area (Å²) in [7, 11) is 1.46. The molecule has 0 heterocycles. The molecule has 8 nitrogen and oxygen atoms in total. The van der Waals surface area contributed by atoms with Crippen molar-refractivity contribution in [1.82, 2.24) is 4.90 Å². The molecule has 0 aliphatic carbocycles. The maximum absolute atomic E-state index is 12.9. The lowest BCUT2D eigenvalue weighted by molar-refractivity contribution is -0.385. The molecule has 166 valence electrons. The van der Waals surface area contributed by atoms with Crippen molar-refractivity contribution >= 4 is 40.5 Å². The molecule has 2 N–H and O–H groups in total. The molecule has 0 unspecified atom stereocenters. The molecule has 0 atom stereocenters. The normalized spacial score (nSPS) is 11.3. The number of hydrogen-bond acceptors (Lipinski definition) is 5. The van der Waals surface area contributed by atoms with Crippen LogP contribution in [0.1, 0.15) is 11.1 Å². The van der Waals surface area contributed by atoms with Crippen molar-refractivity contribution in [3.8, 4) is 0 Å². The highest BCUT2D eigenvalue weighted by Crippen LogP contribution is 2.36. The first-order valence-electron chi connectivity index (χ1n) is 8.77. The third-order valence-electron chi connectivity index (χ3n) is 4.16. The molecule has 0 aliphatic heterocycles. The number of anilines is 2. The lowest BCUT2D eigenvalue weighted by Crippen LogP contribution is -2.36. The van der Waals surface area contributed by atoms with Crippen molar-refractivity contribution in [1.29, 1.82) is 0 Å². The van der Waals surface area contributed by atoms with Gasteiger partial charge in [0.2, 0.25) is 11.8 Å². The largest absolute Gasteiger partial charge is 0.417 e. The Kier molecular flexibility index (Phi) is 7.58. The van der Waals surface area contributed by atoms with Crippen LogP contribution in [0.2, 0.25) is 5.02 Å². The lowest BCUT2D eigenvalue weighted by Gasteiger charge is -2.17. The van der Waals surface area contributed by atoms with Gasteiger partial charge in [-0.1, -0.05) is 17.7 Å². The minimum Gasteiger partial charge on any atom is -0.325 e. The number of rotatable bonds is 7. The number of benzene rings is 2. The Morgan fingerprint density at radius 3 is 2.32 bits per heavy atom. The number of halogens is 4. The summed E-state index contributed by atoms with van der Waals surface area (Å²) in [6.45, 7) is 0.974. The lowest BCUT2D eigenvalue weighted by atomic mass is 10.1. The molecule has 2 amide bonds. The Labute approximate surface area is 180 Å². The molecule has 12 heteroatoms. The fourth-order valence-electron chi connectivity index (χ4n) is 2.71. The number of nitro groups is 1. The standard InChI is InChI=1S/C19H18ClF3N4O4/c1-11-15(4-3-5-16(11)27(30)31)25-18(29)10-26(2)9-17(28)24-12-6-7-14(20)13(8-12)19(21,22)23/h3-8H,9-10H2,1-2H3,(H,24,28)(H,25,29). The molecular weight excluding hydrogens is 441 g/mol. The van der Waals surface area contributed by atoms with Crippen molar-refractivity contribution < 1.29 is 27.7 Å². The highest BCUT2D eigenvalue weighted by Gasteiger charge is 2.33. The summed E-state index contributed by atoms with van der Waals surface area (Å²) >= 11 is 5.54. The first-order valence-corrected chi connectivity index (χ1v) is 9.15. The highest BCUT2D eigenvalue weighted by atomic mass is 35.5. The summed E-state index contributed by atoms with van der Waals surface area (Å²) in [5.74, 6) is -1.16. The molecule has 0 radical (unpaired) electrons. The monoisotopic (exact) mass is 458 g/mol. The number of nitrogens with one attached hydrogen (secondary N) is 2. The molecule has 2 rings (SSSR count). The molecule has 0 spiro atoms. The second-order valence-corrected chi connectivity index (χ2v) is 7.08. The van der Waals surface area contributed by atoms with E-state index >= 15 is 0 Å². The van der Waals surface area contributed by atoms with E-state index in [1.165, 1.54) is 43.1 Å². The van der Waals surface area contributed by atoms with Crippen molar-refractivity contribution in [2.24, 2.45) is 0 Å². The van der Waals surface area contributed by atoms with Crippen LogP contribution in [0.15, 0.2) is 36.4 Å². The van der Waals surface area contributed by atoms with Gasteiger partial charge in [-0.3, -0.25) is 24.6 Å². The number of amides is 2. The van der Waals surface area contributed by atoms with Gasteiger partial charge in [-0.2, -0.15) is 13.2 Å². The predicted molar refractivity (Wildman–Crippen MR) is 109 cm³/mol. The van der Waals surface area contributed by atoms with Gasteiger partial charge < -0.3 is 10.6 Å². The number of nitrogens with zero attached hydrogens (tertiary/aromatic N) is 2. The maximum Gasteiger partial charge on any atom is 0.417 e. The van der Waals surface area contributed by atoms with E-state index in [1.54, 1.807) is 0 Å². The van der Waals surface area contributed by atoms with Crippen molar-refractivity contribution in [2.75, 3.05) is 30.8 Å². The van der Waals surface area contributed by atoms with Crippen LogP contribution in [0.5, 0.6) is 0 Å². The summed E-state index contributed by atoms with van der Waals surface area (Å²) in [5, 5.41) is 15.3. The predicted octanol–water partition coefficient (Wildman–Crippen LogP) is 4.08. The van der Waals surface area contributed by atoms with E-state index in [0.717, 1.165) is 12.1 Å². The van der Waals surface area contributed by atoms with Crippen LogP contribution in [-0.2, 0) is 15.8 Å². The Hall–Kier alpha value is -3.18. The van der Waals surface area contributed by atoms with E-state index in [1.807, 2.05) is 0 Å². The smallest absolute Gasteiger partial charge is 0.325 e. The summed E-state index contributed by atoms with van der Waals surface area (Å²) in [5.41, 5.74) is -0.770. The Morgan fingerprint density at radius 1 is 1.13 bits per heavy atom. The van der Waals surface area contributed by atoms with Gasteiger partial charge in [-0.05, 0) is 38.2 Å². The number of carbonyl (C=O) groups is 2. The highest BCUT2D eigenvalue weighted by molar-refractivity contribution is 6.31. The summed E-state index contributed by atoms with van der Waals surface area (Å²) in [6, 6.07) is 7.22. The van der Waals surface area contributed by atoms with Crippen molar-refractivity contribution in [3.05, 3.63) is 62.7 Å². The minimum absolute atomic E-state index is 0.0909. The van der Waals surface area contributed by atoms with E-state index in [4.69, 9.17) is 11.6 Å². The molecule has 0 bridgehead atoms. The molecule has 2 aromatic carbocycles. The number of carbonyl (C=O) groups excluding carboxylic acids is 2. The van der Waals surface area contributed by atoms with E-state index in [2.05, 4.69) is 10.6 Å². The first kappa shape index (κ1) is 24.1. The number of alkyl halides is 3. The molecule has 2 aromatic rings. The van der Waals surface area contributed by atoms with Gasteiger partial charge in [-0.15, -0.1) is 0 Å². The Bertz CT molecular complexity index is 1010. The number of hydrogen-bond donors (Lipinski definition) is 2. The van der Waals surface area contributed by atoms with Crippen molar-refractivity contribution in [2.45, 2.75) is 13.1 Å². The summed E-state index contributed by atoms with van der Waals surface area (Å²) in [4.78, 5) is 36.0. The van der Waals surface area contributed by atoms with Gasteiger partial charge in [0.1, 0.15) is 0 Å². The van der Waals surface area contributed by atoms with E-state index < -0.39 is 33.5 Å². The third kappa shape index (κ3) is 6.66. The van der Waals surface area contributed by atoms with E-state index in [0.29, 0.717) is 0 Å². The average molecular weight is 459 g/mol. The Balaban J connectivity index is 1.95. The molecule has 0 saturated carbocycles. The second kappa shape index (κ2) is 9.75. The van der Waals surface area contributed by atoms with Gasteiger partial charge in [0.25, 0.3) is 5.69 Å².